The van der Waals surface area contributed by atoms with Crippen LogP contribution in [0.25, 0.3) is 0 Å². The zero-order chi connectivity index (χ0) is 14.1. The maximum atomic E-state index is 10.9. The molecule has 0 saturated heterocycles. The number of carboxylic acid groups (broad SMARTS) is 1. The predicted molar refractivity (Wildman–Crippen MR) is 48.1 cm³/mol. The summed E-state index contributed by atoms with van der Waals surface area (Å²) in [5.74, 6) is -3.00. The van der Waals surface area contributed by atoms with Crippen LogP contribution in [0.15, 0.2) is 0 Å². The first kappa shape index (κ1) is 8.23. The minimum atomic E-state index is -3.09. The van der Waals surface area contributed by atoms with Crippen LogP contribution in [0.2, 0.25) is 0 Å². The molecule has 0 heterocycles. The number of hydrogen-bond donors (Lipinski definition) is 0. The Balaban J connectivity index is 5.38. The van der Waals surface area contributed by atoms with E-state index in [-0.39, 0.29) is 11.0 Å². The van der Waals surface area contributed by atoms with E-state index in [2.05, 4.69) is 4.74 Å². The highest BCUT2D eigenvalue weighted by Crippen LogP contribution is 2.04. The van der Waals surface area contributed by atoms with E-state index >= 15 is 0 Å². The van der Waals surface area contributed by atoms with Crippen molar-refractivity contribution in [2.24, 2.45) is 0 Å². The van der Waals surface area contributed by atoms with Crippen LogP contribution in [0.1, 0.15) is 17.4 Å². The van der Waals surface area contributed by atoms with Crippen LogP contribution in [0.5, 0.6) is 0 Å². The summed E-state index contributed by atoms with van der Waals surface area (Å²) < 4.78 is 27.1. The number of rotatable bonds is 5. The second-order valence-electron chi connectivity index (χ2n) is 3.88. The molecule has 0 spiro atoms. The molecule has 0 unspecified atom stereocenters. The van der Waals surface area contributed by atoms with E-state index < -0.39 is 24.4 Å². The monoisotopic (exact) mass is 206 g/mol. The molecule has 0 amide bonds. The number of carbonyl (C=O) groups is 2. The van der Waals surface area contributed by atoms with Gasteiger partial charge in [0, 0.05) is 22.0 Å². The van der Waals surface area contributed by atoms with E-state index in [9.17, 15) is 14.7 Å². The fourth-order valence-corrected chi connectivity index (χ4v) is 0.815. The lowest BCUT2D eigenvalue weighted by Gasteiger charge is -2.28. The molecule has 82 valence electrons. The third-order valence-electron chi connectivity index (χ3n) is 1.13. The molecule has 1 atom stereocenters. The van der Waals surface area contributed by atoms with Crippen molar-refractivity contribution in [3.63, 3.8) is 0 Å². The first-order valence-electron chi connectivity index (χ1n) is 5.53. The molecule has 14 heavy (non-hydrogen) atoms. The largest absolute Gasteiger partial charge is 0.550 e. The van der Waals surface area contributed by atoms with E-state index in [1.807, 2.05) is 0 Å². The zero-order valence-corrected chi connectivity index (χ0v) is 8.79. The summed E-state index contributed by atoms with van der Waals surface area (Å²) in [7, 11) is 4.87. The van der Waals surface area contributed by atoms with Crippen molar-refractivity contribution in [2.75, 3.05) is 27.7 Å². The first-order valence-corrected chi connectivity index (χ1v) is 4.03. The van der Waals surface area contributed by atoms with Gasteiger partial charge in [-0.2, -0.15) is 0 Å². The van der Waals surface area contributed by atoms with Gasteiger partial charge in [0.2, 0.25) is 0 Å². The Kier molecular flexibility index (Phi) is 2.91. The fourth-order valence-electron chi connectivity index (χ4n) is 0.815. The standard InChI is InChI=1S/C9H17NO4/c1-7(11)14-8(5-9(12)13)6-10(2,3)4/h8H,5-6H2,1-4H3/t8-/m0/s1/i5D2,8D. The van der Waals surface area contributed by atoms with Crippen molar-refractivity contribution in [2.45, 2.75) is 19.4 Å². The molecule has 0 fully saturated rings. The Labute approximate surface area is 88.1 Å². The lowest BCUT2D eigenvalue weighted by molar-refractivity contribution is -0.873. The van der Waals surface area contributed by atoms with Crippen LogP contribution in [-0.4, -0.2) is 50.2 Å². The van der Waals surface area contributed by atoms with E-state index in [0.29, 0.717) is 0 Å². The number of nitrogens with zero attached hydrogens (tertiary/aromatic N) is 1. The lowest BCUT2D eigenvalue weighted by Crippen LogP contribution is -2.45. The van der Waals surface area contributed by atoms with E-state index in [4.69, 9.17) is 4.11 Å². The Morgan fingerprint density at radius 1 is 1.57 bits per heavy atom. The molecule has 0 aromatic heterocycles. The molecule has 0 aliphatic rings. The molecule has 0 saturated carbocycles. The maximum Gasteiger partial charge on any atom is 0.303 e. The maximum absolute atomic E-state index is 10.9. The third kappa shape index (κ3) is 7.54. The summed E-state index contributed by atoms with van der Waals surface area (Å²) in [6, 6.07) is 0. The summed E-state index contributed by atoms with van der Waals surface area (Å²) in [6.07, 6.45) is -5.62. The van der Waals surface area contributed by atoms with Crippen molar-refractivity contribution in [1.82, 2.24) is 0 Å². The highest BCUT2D eigenvalue weighted by Gasteiger charge is 2.20. The Hall–Kier alpha value is -1.10. The predicted octanol–water partition coefficient (Wildman–Crippen LogP) is -1.24. The van der Waals surface area contributed by atoms with Gasteiger partial charge < -0.3 is 19.1 Å². The van der Waals surface area contributed by atoms with Crippen molar-refractivity contribution in [3.05, 3.63) is 0 Å². The average Bonchev–Trinajstić information content (AvgIpc) is 1.97. The zero-order valence-electron chi connectivity index (χ0n) is 11.8. The van der Waals surface area contributed by atoms with Crippen LogP contribution < -0.4 is 5.11 Å². The number of carbonyl (C=O) groups excluding carboxylic acids is 2. The Bertz CT molecular complexity index is 327. The van der Waals surface area contributed by atoms with E-state index in [1.54, 1.807) is 21.1 Å². The Morgan fingerprint density at radius 3 is 2.36 bits per heavy atom. The first-order chi connectivity index (χ1) is 7.32. The number of hydrogen-bond acceptors (Lipinski definition) is 4. The second-order valence-corrected chi connectivity index (χ2v) is 3.88. The quantitative estimate of drug-likeness (QED) is 0.417. The number of aliphatic carboxylic acids is 1. The van der Waals surface area contributed by atoms with Gasteiger partial charge in [-0.1, -0.05) is 0 Å². The van der Waals surface area contributed by atoms with Crippen LogP contribution in [0, 0.1) is 0 Å². The van der Waals surface area contributed by atoms with Gasteiger partial charge >= 0.3 is 5.97 Å². The molecule has 0 rings (SSSR count). The van der Waals surface area contributed by atoms with Crippen LogP contribution in [-0.2, 0) is 14.3 Å². The molecular weight excluding hydrogens is 186 g/mol. The van der Waals surface area contributed by atoms with Gasteiger partial charge in [0.25, 0.3) is 0 Å². The fraction of sp³-hybridized carbons (Fsp3) is 0.778. The van der Waals surface area contributed by atoms with E-state index in [1.165, 1.54) is 0 Å². The summed E-state index contributed by atoms with van der Waals surface area (Å²) in [6.45, 7) is 0.665. The van der Waals surface area contributed by atoms with Crippen molar-refractivity contribution in [3.8, 4) is 0 Å². The molecule has 5 nitrogen and oxygen atoms in total. The minimum absolute atomic E-state index is 0.0591. The Morgan fingerprint density at radius 2 is 2.07 bits per heavy atom. The van der Waals surface area contributed by atoms with Gasteiger partial charge in [-0.3, -0.25) is 4.79 Å². The van der Waals surface area contributed by atoms with Gasteiger partial charge in [0.15, 0.2) is 6.08 Å². The van der Waals surface area contributed by atoms with Crippen molar-refractivity contribution >= 4 is 11.9 Å². The topological polar surface area (TPSA) is 66.4 Å². The number of carboxylic acids is 1. The number of ether oxygens (including phenoxy) is 1. The molecule has 0 aromatic carbocycles. The highest BCUT2D eigenvalue weighted by molar-refractivity contribution is 5.68. The summed E-state index contributed by atoms with van der Waals surface area (Å²) in [5, 5.41) is 10.7. The van der Waals surface area contributed by atoms with Gasteiger partial charge in [0.05, 0.1) is 22.5 Å². The molecule has 0 radical (unpaired) electrons. The SMILES string of the molecule is [2H]C([2H])(C(=O)[O-])[C@@]([2H])(C[N+](C)(C)C)OC(C)=O. The van der Waals surface area contributed by atoms with Crippen LogP contribution in [0.3, 0.4) is 0 Å². The second kappa shape index (κ2) is 4.95. The summed E-state index contributed by atoms with van der Waals surface area (Å²) in [5.41, 5.74) is 0. The summed E-state index contributed by atoms with van der Waals surface area (Å²) in [4.78, 5) is 21.6. The minimum Gasteiger partial charge on any atom is -0.550 e. The number of esters is 1. The summed E-state index contributed by atoms with van der Waals surface area (Å²) >= 11 is 0. The molecule has 0 N–H and O–H groups in total. The third-order valence-corrected chi connectivity index (χ3v) is 1.13. The van der Waals surface area contributed by atoms with E-state index in [0.717, 1.165) is 6.92 Å². The molecular formula is C9H17NO4. The van der Waals surface area contributed by atoms with Gasteiger partial charge in [-0.05, 0) is 0 Å². The van der Waals surface area contributed by atoms with Crippen molar-refractivity contribution in [1.29, 1.82) is 0 Å². The number of likely N-dealkylation sites (N-methyl/N-ethyl adjacent to an activating group) is 1. The molecule has 0 aliphatic heterocycles. The molecule has 0 aromatic rings. The van der Waals surface area contributed by atoms with Crippen LogP contribution in [0.4, 0.5) is 0 Å². The van der Waals surface area contributed by atoms with Gasteiger partial charge in [-0.15, -0.1) is 0 Å². The highest BCUT2D eigenvalue weighted by atomic mass is 16.5. The number of quaternary nitrogens is 1. The van der Waals surface area contributed by atoms with Crippen molar-refractivity contribution < 1.29 is 28.0 Å². The molecule has 0 bridgehead atoms. The normalized spacial score (nSPS) is 19.9. The van der Waals surface area contributed by atoms with Gasteiger partial charge in [-0.25, -0.2) is 0 Å². The molecule has 5 heteroatoms. The smallest absolute Gasteiger partial charge is 0.303 e. The molecule has 0 aliphatic carbocycles. The van der Waals surface area contributed by atoms with Crippen LogP contribution >= 0.6 is 0 Å². The average molecular weight is 206 g/mol. The lowest BCUT2D eigenvalue weighted by atomic mass is 10.2. The van der Waals surface area contributed by atoms with Gasteiger partial charge in [0.1, 0.15) is 6.54 Å².